The summed E-state index contributed by atoms with van der Waals surface area (Å²) >= 11 is 17.2. The second kappa shape index (κ2) is 10.3. The lowest BCUT2D eigenvalue weighted by Crippen LogP contribution is -2.34. The Labute approximate surface area is 184 Å². The molecule has 0 heterocycles. The number of benzene rings is 3. The van der Waals surface area contributed by atoms with Gasteiger partial charge in [-0.2, -0.15) is 0 Å². The number of hydrogen-bond acceptors (Lipinski definition) is 3. The highest BCUT2D eigenvalue weighted by molar-refractivity contribution is 7.80. The maximum Gasteiger partial charge on any atom is 0.261 e. The van der Waals surface area contributed by atoms with Gasteiger partial charge >= 0.3 is 0 Å². The zero-order valence-corrected chi connectivity index (χ0v) is 17.7. The molecule has 3 rings (SSSR count). The molecule has 3 aromatic rings. The number of ether oxygens (including phenoxy) is 1. The Bertz CT molecular complexity index is 1010. The van der Waals surface area contributed by atoms with Gasteiger partial charge in [-0.25, -0.2) is 0 Å². The Morgan fingerprint density at radius 1 is 0.966 bits per heavy atom. The molecule has 0 aliphatic heterocycles. The average Bonchev–Trinajstić information content (AvgIpc) is 2.71. The molecule has 29 heavy (non-hydrogen) atoms. The number of rotatable bonds is 6. The van der Waals surface area contributed by atoms with Crippen molar-refractivity contribution >= 4 is 52.1 Å². The highest BCUT2D eigenvalue weighted by Crippen LogP contribution is 2.25. The van der Waals surface area contributed by atoms with Gasteiger partial charge in [0.15, 0.2) is 5.11 Å². The number of amides is 1. The first-order chi connectivity index (χ1) is 14.0. The molecule has 0 aliphatic carbocycles. The van der Waals surface area contributed by atoms with E-state index in [1.165, 1.54) is 5.56 Å². The Balaban J connectivity index is 1.60. The predicted octanol–water partition coefficient (Wildman–Crippen LogP) is 5.74. The van der Waals surface area contributed by atoms with Gasteiger partial charge in [0.25, 0.3) is 5.91 Å². The largest absolute Gasteiger partial charge is 0.492 e. The van der Waals surface area contributed by atoms with Gasteiger partial charge in [0.1, 0.15) is 5.75 Å². The summed E-state index contributed by atoms with van der Waals surface area (Å²) in [6.45, 7) is 0.456. The predicted molar refractivity (Wildman–Crippen MR) is 122 cm³/mol. The third kappa shape index (κ3) is 6.19. The SMILES string of the molecule is O=C(NC(=S)Nc1ccc(Cl)cc1Cl)c1ccccc1OCCc1ccccc1. The second-order valence-corrected chi connectivity index (χ2v) is 7.36. The van der Waals surface area contributed by atoms with Crippen molar-refractivity contribution in [3.05, 3.63) is 94.0 Å². The molecule has 0 atom stereocenters. The van der Waals surface area contributed by atoms with Crippen LogP contribution in [0.3, 0.4) is 0 Å². The number of para-hydroxylation sites is 1. The third-order valence-electron chi connectivity index (χ3n) is 4.03. The molecule has 0 saturated heterocycles. The smallest absolute Gasteiger partial charge is 0.261 e. The average molecular weight is 445 g/mol. The molecule has 0 aromatic heterocycles. The normalized spacial score (nSPS) is 10.3. The van der Waals surface area contributed by atoms with Crippen molar-refractivity contribution in [2.24, 2.45) is 0 Å². The molecular formula is C22H18Cl2N2O2S. The maximum atomic E-state index is 12.7. The number of anilines is 1. The number of carbonyl (C=O) groups is 1. The number of hydrogen-bond donors (Lipinski definition) is 2. The Morgan fingerprint density at radius 2 is 1.69 bits per heavy atom. The van der Waals surface area contributed by atoms with Crippen molar-refractivity contribution in [3.8, 4) is 5.75 Å². The second-order valence-electron chi connectivity index (χ2n) is 6.11. The molecule has 3 aromatic carbocycles. The summed E-state index contributed by atoms with van der Waals surface area (Å²) in [5.41, 5.74) is 2.11. The van der Waals surface area contributed by atoms with E-state index in [4.69, 9.17) is 40.2 Å². The summed E-state index contributed by atoms with van der Waals surface area (Å²) in [4.78, 5) is 12.7. The van der Waals surface area contributed by atoms with E-state index < -0.39 is 0 Å². The van der Waals surface area contributed by atoms with Crippen LogP contribution in [0.2, 0.25) is 10.0 Å². The monoisotopic (exact) mass is 444 g/mol. The Kier molecular flexibility index (Phi) is 7.47. The minimum atomic E-state index is -0.372. The van der Waals surface area contributed by atoms with Crippen LogP contribution in [0, 0.1) is 0 Å². The number of halogens is 2. The summed E-state index contributed by atoms with van der Waals surface area (Å²) in [5.74, 6) is 0.121. The fourth-order valence-corrected chi connectivity index (χ4v) is 3.28. The van der Waals surface area contributed by atoms with Crippen LogP contribution in [0.1, 0.15) is 15.9 Å². The van der Waals surface area contributed by atoms with Gasteiger partial charge in [-0.1, -0.05) is 65.7 Å². The molecule has 0 radical (unpaired) electrons. The topological polar surface area (TPSA) is 50.4 Å². The van der Waals surface area contributed by atoms with Crippen molar-refractivity contribution in [1.82, 2.24) is 5.32 Å². The van der Waals surface area contributed by atoms with Crippen molar-refractivity contribution in [3.63, 3.8) is 0 Å². The minimum Gasteiger partial charge on any atom is -0.492 e. The first-order valence-corrected chi connectivity index (χ1v) is 10.0. The number of nitrogens with one attached hydrogen (secondary N) is 2. The van der Waals surface area contributed by atoms with Crippen LogP contribution in [0.5, 0.6) is 5.75 Å². The number of thiocarbonyl (C=S) groups is 1. The fourth-order valence-electron chi connectivity index (χ4n) is 2.62. The standard InChI is InChI=1S/C22H18Cl2N2O2S/c23-16-10-11-19(18(24)14-16)25-22(29)26-21(27)17-8-4-5-9-20(17)28-13-12-15-6-2-1-3-7-15/h1-11,14H,12-13H2,(H2,25,26,27,29). The molecule has 0 fully saturated rings. The van der Waals surface area contributed by atoms with Gasteiger partial charge in [-0.3, -0.25) is 10.1 Å². The lowest BCUT2D eigenvalue weighted by atomic mass is 10.1. The van der Waals surface area contributed by atoms with Crippen molar-refractivity contribution in [1.29, 1.82) is 0 Å². The first kappa shape index (κ1) is 21.1. The highest BCUT2D eigenvalue weighted by atomic mass is 35.5. The summed E-state index contributed by atoms with van der Waals surface area (Å²) < 4.78 is 5.83. The van der Waals surface area contributed by atoms with Crippen molar-refractivity contribution in [2.45, 2.75) is 6.42 Å². The molecular weight excluding hydrogens is 427 g/mol. The van der Waals surface area contributed by atoms with Gasteiger partial charge < -0.3 is 10.1 Å². The van der Waals surface area contributed by atoms with E-state index in [0.29, 0.717) is 33.7 Å². The molecule has 4 nitrogen and oxygen atoms in total. The Hall–Kier alpha value is -2.60. The first-order valence-electron chi connectivity index (χ1n) is 8.86. The molecule has 7 heteroatoms. The fraction of sp³-hybridized carbons (Fsp3) is 0.0909. The van der Waals surface area contributed by atoms with Crippen LogP contribution in [-0.2, 0) is 6.42 Å². The maximum absolute atomic E-state index is 12.7. The van der Waals surface area contributed by atoms with E-state index >= 15 is 0 Å². The Morgan fingerprint density at radius 3 is 2.45 bits per heavy atom. The molecule has 0 aliphatic rings. The van der Waals surface area contributed by atoms with Crippen LogP contribution in [0.25, 0.3) is 0 Å². The summed E-state index contributed by atoms with van der Waals surface area (Å²) in [5, 5.41) is 6.57. The van der Waals surface area contributed by atoms with E-state index in [0.717, 1.165) is 6.42 Å². The quantitative estimate of drug-likeness (QED) is 0.475. The van der Waals surface area contributed by atoms with E-state index in [9.17, 15) is 4.79 Å². The molecule has 0 bridgehead atoms. The van der Waals surface area contributed by atoms with E-state index in [1.807, 2.05) is 36.4 Å². The zero-order chi connectivity index (χ0) is 20.6. The van der Waals surface area contributed by atoms with Crippen LogP contribution in [-0.4, -0.2) is 17.6 Å². The summed E-state index contributed by atoms with van der Waals surface area (Å²) in [6, 6.07) is 22.0. The van der Waals surface area contributed by atoms with Crippen LogP contribution in [0.4, 0.5) is 5.69 Å². The lowest BCUT2D eigenvalue weighted by molar-refractivity contribution is 0.0974. The third-order valence-corrected chi connectivity index (χ3v) is 4.78. The number of carbonyl (C=O) groups excluding carboxylic acids is 1. The van der Waals surface area contributed by atoms with Crippen LogP contribution in [0.15, 0.2) is 72.8 Å². The molecule has 2 N–H and O–H groups in total. The summed E-state index contributed by atoms with van der Waals surface area (Å²) in [7, 11) is 0. The zero-order valence-electron chi connectivity index (χ0n) is 15.3. The lowest BCUT2D eigenvalue weighted by Gasteiger charge is -2.14. The van der Waals surface area contributed by atoms with Crippen LogP contribution < -0.4 is 15.4 Å². The van der Waals surface area contributed by atoms with Gasteiger partial charge in [0, 0.05) is 11.4 Å². The molecule has 148 valence electrons. The van der Waals surface area contributed by atoms with Gasteiger partial charge in [0.05, 0.1) is 22.9 Å². The van der Waals surface area contributed by atoms with Gasteiger partial charge in [-0.15, -0.1) is 0 Å². The van der Waals surface area contributed by atoms with Gasteiger partial charge in [0.2, 0.25) is 0 Å². The van der Waals surface area contributed by atoms with E-state index in [-0.39, 0.29) is 11.0 Å². The van der Waals surface area contributed by atoms with Crippen molar-refractivity contribution < 1.29 is 9.53 Å². The molecule has 0 unspecified atom stereocenters. The minimum absolute atomic E-state index is 0.123. The molecule has 1 amide bonds. The highest BCUT2D eigenvalue weighted by Gasteiger charge is 2.14. The molecule has 0 saturated carbocycles. The van der Waals surface area contributed by atoms with E-state index in [1.54, 1.807) is 36.4 Å². The van der Waals surface area contributed by atoms with Crippen molar-refractivity contribution in [2.75, 3.05) is 11.9 Å². The van der Waals surface area contributed by atoms with E-state index in [2.05, 4.69) is 10.6 Å². The molecule has 0 spiro atoms. The van der Waals surface area contributed by atoms with Crippen LogP contribution >= 0.6 is 35.4 Å². The van der Waals surface area contributed by atoms with Gasteiger partial charge in [-0.05, 0) is 48.1 Å². The summed E-state index contributed by atoms with van der Waals surface area (Å²) in [6.07, 6.45) is 0.742.